The van der Waals surface area contributed by atoms with Crippen LogP contribution in [0.5, 0.6) is 5.75 Å². The maximum absolute atomic E-state index is 12.8. The van der Waals surface area contributed by atoms with Crippen LogP contribution in [0.25, 0.3) is 0 Å². The first-order valence-electron chi connectivity index (χ1n) is 9.99. The Morgan fingerprint density at radius 1 is 1.13 bits per heavy atom. The number of benzene rings is 2. The highest BCUT2D eigenvalue weighted by Gasteiger charge is 2.28. The average Bonchev–Trinajstić information content (AvgIpc) is 2.74. The SMILES string of the molecule is CC1CCN(S(=O)(=O)c2ccc(NC(=O)C(C)Oc3ccc([N+](=O)[O-])cc3)cc2)CC1. The third-order valence-electron chi connectivity index (χ3n) is 5.23. The van der Waals surface area contributed by atoms with Gasteiger partial charge in [-0.25, -0.2) is 8.42 Å². The summed E-state index contributed by atoms with van der Waals surface area (Å²) in [5, 5.41) is 13.4. The van der Waals surface area contributed by atoms with Gasteiger partial charge in [-0.2, -0.15) is 4.31 Å². The number of nitro benzene ring substituents is 1. The molecule has 2 aromatic rings. The number of nitrogens with zero attached hydrogens (tertiary/aromatic N) is 2. The standard InChI is InChI=1S/C21H25N3O6S/c1-15-11-13-23(14-12-15)31(28,29)20-9-3-17(4-10-20)22-21(25)16(2)30-19-7-5-18(6-8-19)24(26)27/h3-10,15-16H,11-14H2,1-2H3,(H,22,25). The van der Waals surface area contributed by atoms with E-state index in [4.69, 9.17) is 4.74 Å². The fourth-order valence-electron chi connectivity index (χ4n) is 3.23. The molecule has 3 rings (SSSR count). The van der Waals surface area contributed by atoms with Crippen LogP contribution in [-0.4, -0.2) is 42.7 Å². The molecular weight excluding hydrogens is 422 g/mol. The van der Waals surface area contributed by atoms with E-state index in [1.54, 1.807) is 6.92 Å². The summed E-state index contributed by atoms with van der Waals surface area (Å²) >= 11 is 0. The molecule has 1 atom stereocenters. The van der Waals surface area contributed by atoms with Crippen molar-refractivity contribution in [2.75, 3.05) is 18.4 Å². The maximum atomic E-state index is 12.8. The highest BCUT2D eigenvalue weighted by Crippen LogP contribution is 2.24. The minimum atomic E-state index is -3.55. The van der Waals surface area contributed by atoms with Crippen LogP contribution in [0.3, 0.4) is 0 Å². The Morgan fingerprint density at radius 3 is 2.26 bits per heavy atom. The van der Waals surface area contributed by atoms with Gasteiger partial charge in [-0.1, -0.05) is 6.92 Å². The van der Waals surface area contributed by atoms with E-state index in [0.717, 1.165) is 12.8 Å². The molecule has 2 aromatic carbocycles. The van der Waals surface area contributed by atoms with Gasteiger partial charge in [0.25, 0.3) is 11.6 Å². The van der Waals surface area contributed by atoms with Crippen molar-refractivity contribution >= 4 is 27.3 Å². The highest BCUT2D eigenvalue weighted by molar-refractivity contribution is 7.89. The molecule has 31 heavy (non-hydrogen) atoms. The molecule has 10 heteroatoms. The Hall–Kier alpha value is -2.98. The van der Waals surface area contributed by atoms with E-state index < -0.39 is 27.0 Å². The van der Waals surface area contributed by atoms with E-state index in [2.05, 4.69) is 12.2 Å². The van der Waals surface area contributed by atoms with Crippen LogP contribution in [0.1, 0.15) is 26.7 Å². The molecule has 0 aromatic heterocycles. The van der Waals surface area contributed by atoms with Crippen molar-refractivity contribution in [2.45, 2.75) is 37.7 Å². The second-order valence-electron chi connectivity index (χ2n) is 7.61. The van der Waals surface area contributed by atoms with Gasteiger partial charge in [-0.15, -0.1) is 0 Å². The van der Waals surface area contributed by atoms with Crippen molar-refractivity contribution in [1.82, 2.24) is 4.31 Å². The number of hydrogen-bond acceptors (Lipinski definition) is 6. The molecule has 9 nitrogen and oxygen atoms in total. The number of non-ortho nitro benzene ring substituents is 1. The second kappa shape index (κ2) is 9.44. The van der Waals surface area contributed by atoms with E-state index >= 15 is 0 Å². The molecule has 0 bridgehead atoms. The van der Waals surface area contributed by atoms with Gasteiger partial charge in [-0.3, -0.25) is 14.9 Å². The van der Waals surface area contributed by atoms with Crippen LogP contribution in [0, 0.1) is 16.0 Å². The molecule has 1 N–H and O–H groups in total. The summed E-state index contributed by atoms with van der Waals surface area (Å²) < 4.78 is 32.6. The highest BCUT2D eigenvalue weighted by atomic mass is 32.2. The van der Waals surface area contributed by atoms with Crippen molar-refractivity contribution in [2.24, 2.45) is 5.92 Å². The first kappa shape index (κ1) is 22.7. The summed E-state index contributed by atoms with van der Waals surface area (Å²) in [5.74, 6) is 0.420. The Balaban J connectivity index is 1.59. The molecular formula is C21H25N3O6S. The fraction of sp³-hybridized carbons (Fsp3) is 0.381. The van der Waals surface area contributed by atoms with E-state index in [1.807, 2.05) is 0 Å². The predicted molar refractivity (Wildman–Crippen MR) is 115 cm³/mol. The second-order valence-corrected chi connectivity index (χ2v) is 9.55. The van der Waals surface area contributed by atoms with E-state index in [0.29, 0.717) is 30.4 Å². The van der Waals surface area contributed by atoms with Gasteiger partial charge in [-0.05, 0) is 62.1 Å². The maximum Gasteiger partial charge on any atom is 0.269 e. The summed E-state index contributed by atoms with van der Waals surface area (Å²) in [6.07, 6.45) is 0.834. The molecule has 1 aliphatic rings. The van der Waals surface area contributed by atoms with Crippen molar-refractivity contribution in [3.05, 3.63) is 58.6 Å². The van der Waals surface area contributed by atoms with Crippen LogP contribution in [0.4, 0.5) is 11.4 Å². The number of nitrogens with one attached hydrogen (secondary N) is 1. The van der Waals surface area contributed by atoms with Crippen LogP contribution in [0.15, 0.2) is 53.4 Å². The molecule has 1 fully saturated rings. The number of carbonyl (C=O) groups excluding carboxylic acids is 1. The molecule has 166 valence electrons. The normalized spacial score (nSPS) is 16.5. The molecule has 0 spiro atoms. The molecule has 1 amide bonds. The van der Waals surface area contributed by atoms with Crippen molar-refractivity contribution in [3.8, 4) is 5.75 Å². The molecule has 1 unspecified atom stereocenters. The van der Waals surface area contributed by atoms with E-state index in [9.17, 15) is 23.3 Å². The van der Waals surface area contributed by atoms with E-state index in [-0.39, 0.29) is 10.6 Å². The number of hydrogen-bond donors (Lipinski definition) is 1. The van der Waals surface area contributed by atoms with E-state index in [1.165, 1.54) is 52.8 Å². The largest absolute Gasteiger partial charge is 0.481 e. The third kappa shape index (κ3) is 5.59. The fourth-order valence-corrected chi connectivity index (χ4v) is 4.70. The zero-order valence-corrected chi connectivity index (χ0v) is 18.2. The minimum Gasteiger partial charge on any atom is -0.481 e. The van der Waals surface area contributed by atoms with Gasteiger partial charge in [0.2, 0.25) is 10.0 Å². The molecule has 1 aliphatic heterocycles. The van der Waals surface area contributed by atoms with Crippen LogP contribution < -0.4 is 10.1 Å². The van der Waals surface area contributed by atoms with Gasteiger partial charge in [0.1, 0.15) is 5.75 Å². The molecule has 0 saturated carbocycles. The zero-order chi connectivity index (χ0) is 22.6. The lowest BCUT2D eigenvalue weighted by molar-refractivity contribution is -0.384. The first-order valence-corrected chi connectivity index (χ1v) is 11.4. The first-order chi connectivity index (χ1) is 14.7. The summed E-state index contributed by atoms with van der Waals surface area (Å²) in [5.41, 5.74) is 0.369. The van der Waals surface area contributed by atoms with Crippen molar-refractivity contribution in [1.29, 1.82) is 0 Å². The number of sulfonamides is 1. The zero-order valence-electron chi connectivity index (χ0n) is 17.4. The molecule has 0 aliphatic carbocycles. The van der Waals surface area contributed by atoms with Gasteiger partial charge >= 0.3 is 0 Å². The summed E-state index contributed by atoms with van der Waals surface area (Å²) in [6, 6.07) is 11.5. The predicted octanol–water partition coefficient (Wildman–Crippen LogP) is 3.42. The number of anilines is 1. The quantitative estimate of drug-likeness (QED) is 0.513. The number of amides is 1. The van der Waals surface area contributed by atoms with Crippen LogP contribution in [-0.2, 0) is 14.8 Å². The Labute approximate surface area is 181 Å². The minimum absolute atomic E-state index is 0.0708. The molecule has 1 heterocycles. The lowest BCUT2D eigenvalue weighted by Crippen LogP contribution is -2.37. The van der Waals surface area contributed by atoms with Gasteiger partial charge in [0.15, 0.2) is 6.10 Å². The van der Waals surface area contributed by atoms with Crippen LogP contribution in [0.2, 0.25) is 0 Å². The number of rotatable bonds is 7. The smallest absolute Gasteiger partial charge is 0.269 e. The van der Waals surface area contributed by atoms with Crippen molar-refractivity contribution in [3.63, 3.8) is 0 Å². The van der Waals surface area contributed by atoms with Gasteiger partial charge in [0.05, 0.1) is 9.82 Å². The summed E-state index contributed by atoms with van der Waals surface area (Å²) in [6.45, 7) is 4.69. The number of nitro groups is 1. The molecule has 0 radical (unpaired) electrons. The van der Waals surface area contributed by atoms with Gasteiger partial charge in [0, 0.05) is 30.9 Å². The lowest BCUT2D eigenvalue weighted by Gasteiger charge is -2.29. The Bertz CT molecular complexity index is 1030. The summed E-state index contributed by atoms with van der Waals surface area (Å²) in [4.78, 5) is 22.7. The molecule has 1 saturated heterocycles. The number of piperidine rings is 1. The van der Waals surface area contributed by atoms with Crippen LogP contribution >= 0.6 is 0 Å². The van der Waals surface area contributed by atoms with Crippen molar-refractivity contribution < 1.29 is 22.9 Å². The monoisotopic (exact) mass is 447 g/mol. The third-order valence-corrected chi connectivity index (χ3v) is 7.14. The number of ether oxygens (including phenoxy) is 1. The topological polar surface area (TPSA) is 119 Å². The summed E-state index contributed by atoms with van der Waals surface area (Å²) in [7, 11) is -3.55. The average molecular weight is 448 g/mol. The Morgan fingerprint density at radius 2 is 1.71 bits per heavy atom. The number of carbonyl (C=O) groups is 1. The Kier molecular flexibility index (Phi) is 6.91. The lowest BCUT2D eigenvalue weighted by atomic mass is 10.0. The van der Waals surface area contributed by atoms with Gasteiger partial charge < -0.3 is 10.1 Å².